The number of fused-ring (bicyclic) bond motifs is 8. The number of anilines is 1. The van der Waals surface area contributed by atoms with E-state index in [-0.39, 0.29) is 65.8 Å². The number of nitrogens with one attached hydrogen (secondary N) is 1. The van der Waals surface area contributed by atoms with Crippen LogP contribution in [0.25, 0.3) is 0 Å². The molecule has 3 fully saturated rings. The highest BCUT2D eigenvalue weighted by Crippen LogP contribution is 2.61. The van der Waals surface area contributed by atoms with Crippen molar-refractivity contribution in [3.63, 3.8) is 0 Å². The molecule has 3 heterocycles. The molecule has 0 spiro atoms. The average Bonchev–Trinajstić information content (AvgIpc) is 3.50. The summed E-state index contributed by atoms with van der Waals surface area (Å²) in [4.78, 5) is 48.8. The van der Waals surface area contributed by atoms with Gasteiger partial charge in [-0.15, -0.1) is 0 Å². The van der Waals surface area contributed by atoms with Crippen LogP contribution in [0.1, 0.15) is 18.9 Å². The number of likely N-dealkylation sites (tertiary alicyclic amines) is 1. The number of carbonyl (C=O) groups is 3. The number of alkyl halides is 3. The number of amides is 2. The molecule has 5 rings (SSSR count). The number of imide groups is 1. The summed E-state index contributed by atoms with van der Waals surface area (Å²) in [5.41, 5.74) is -0.809. The van der Waals surface area contributed by atoms with Gasteiger partial charge < -0.3 is 14.9 Å². The second kappa shape index (κ2) is 8.10. The number of aromatic nitrogens is 1. The Morgan fingerprint density at radius 1 is 1.26 bits per heavy atom. The lowest BCUT2D eigenvalue weighted by molar-refractivity contribution is -0.141. The van der Waals surface area contributed by atoms with E-state index >= 15 is 0 Å². The molecule has 2 aliphatic heterocycles. The highest BCUT2D eigenvalue weighted by molar-refractivity contribution is 6.38. The van der Waals surface area contributed by atoms with Gasteiger partial charge in [0.2, 0.25) is 11.8 Å². The quantitative estimate of drug-likeness (QED) is 0.471. The molecule has 1 N–H and O–H groups in total. The molecule has 1 aromatic heterocycles. The molecule has 2 bridgehead atoms. The molecule has 9 nitrogen and oxygen atoms in total. The lowest BCUT2D eigenvalue weighted by Crippen LogP contribution is -2.42. The van der Waals surface area contributed by atoms with Crippen molar-refractivity contribution >= 4 is 40.9 Å². The molecule has 4 aliphatic rings. The predicted octanol–water partition coefficient (Wildman–Crippen LogP) is 2.35. The summed E-state index contributed by atoms with van der Waals surface area (Å²) < 4.78 is 43.4. The molecule has 1 aromatic rings. The summed E-state index contributed by atoms with van der Waals surface area (Å²) in [5, 5.41) is 6.45. The number of nitrogens with zero attached hydrogens (tertiary/aromatic N) is 3. The summed E-state index contributed by atoms with van der Waals surface area (Å²) in [5.74, 6) is -3.15. The number of oxime groups is 1. The van der Waals surface area contributed by atoms with Crippen LogP contribution in [0, 0.1) is 29.6 Å². The Bertz CT molecular complexity index is 1100. The Morgan fingerprint density at radius 3 is 2.62 bits per heavy atom. The highest BCUT2D eigenvalue weighted by Gasteiger charge is 2.70. The number of rotatable bonds is 6. The lowest BCUT2D eigenvalue weighted by Gasteiger charge is -2.29. The molecule has 6 atom stereocenters. The van der Waals surface area contributed by atoms with Crippen LogP contribution >= 0.6 is 11.6 Å². The van der Waals surface area contributed by atoms with Crippen molar-refractivity contribution in [2.75, 3.05) is 25.0 Å². The second-order valence-corrected chi connectivity index (χ2v) is 9.12. The summed E-state index contributed by atoms with van der Waals surface area (Å²) in [7, 11) is 0. The van der Waals surface area contributed by atoms with E-state index in [1.807, 2.05) is 0 Å². The van der Waals surface area contributed by atoms with Gasteiger partial charge in [0.05, 0.1) is 34.9 Å². The molecule has 2 amide bonds. The van der Waals surface area contributed by atoms with Crippen molar-refractivity contribution in [3.05, 3.63) is 22.8 Å². The van der Waals surface area contributed by atoms with Gasteiger partial charge in [-0.25, -0.2) is 9.78 Å². The Balaban J connectivity index is 1.25. The third-order valence-corrected chi connectivity index (χ3v) is 7.35. The van der Waals surface area contributed by atoms with Crippen molar-refractivity contribution in [1.82, 2.24) is 9.88 Å². The van der Waals surface area contributed by atoms with Crippen LogP contribution in [-0.2, 0) is 30.1 Å². The fraction of sp³-hybridized carbons (Fsp3) is 0.571. The smallest absolute Gasteiger partial charge is 0.417 e. The molecular weight excluding hydrogens is 481 g/mol. The van der Waals surface area contributed by atoms with Crippen LogP contribution in [0.15, 0.2) is 17.4 Å². The number of esters is 1. The Hall–Kier alpha value is -2.89. The number of carbonyl (C=O) groups excluding carboxylic acids is 3. The van der Waals surface area contributed by atoms with E-state index in [0.717, 1.165) is 11.0 Å². The van der Waals surface area contributed by atoms with Crippen LogP contribution in [-0.4, -0.2) is 59.2 Å². The Kier molecular flexibility index (Phi) is 5.45. The molecular formula is C21H20ClF3N4O5. The molecule has 34 heavy (non-hydrogen) atoms. The van der Waals surface area contributed by atoms with Gasteiger partial charge in [-0.1, -0.05) is 16.8 Å². The normalized spacial score (nSPS) is 31.3. The number of hydrogen-bond acceptors (Lipinski definition) is 8. The fourth-order valence-electron chi connectivity index (χ4n) is 5.79. The molecule has 0 aromatic carbocycles. The topological polar surface area (TPSA) is 110 Å². The highest BCUT2D eigenvalue weighted by atomic mass is 35.5. The fourth-order valence-corrected chi connectivity index (χ4v) is 6.02. The SMILES string of the molecule is CCOC(=O)C1=NO[C@@H]2[C@@H]3C[C@@H]([C@@H]12)[C@H]1C(=O)N(CCNc2ncc(C(F)(F)F)cc2Cl)C(=O)[C@H]31. The van der Waals surface area contributed by atoms with Crippen molar-refractivity contribution in [1.29, 1.82) is 0 Å². The van der Waals surface area contributed by atoms with Gasteiger partial charge in [0.15, 0.2) is 5.71 Å². The zero-order valence-electron chi connectivity index (χ0n) is 17.8. The lowest BCUT2D eigenvalue weighted by atomic mass is 9.72. The third kappa shape index (κ3) is 3.41. The maximum absolute atomic E-state index is 13.2. The summed E-state index contributed by atoms with van der Waals surface area (Å²) in [6.07, 6.45) is -3.75. The van der Waals surface area contributed by atoms with Gasteiger partial charge in [0.25, 0.3) is 0 Å². The number of halogens is 4. The third-order valence-electron chi connectivity index (χ3n) is 7.06. The zero-order chi connectivity index (χ0) is 24.4. The van der Waals surface area contributed by atoms with E-state index < -0.39 is 35.6 Å². The van der Waals surface area contributed by atoms with Crippen molar-refractivity contribution in [2.45, 2.75) is 25.6 Å². The first-order valence-electron chi connectivity index (χ1n) is 10.9. The summed E-state index contributed by atoms with van der Waals surface area (Å²) in [6.45, 7) is 1.92. The molecule has 182 valence electrons. The van der Waals surface area contributed by atoms with E-state index in [1.165, 1.54) is 0 Å². The molecule has 2 aliphatic carbocycles. The van der Waals surface area contributed by atoms with Crippen molar-refractivity contribution < 1.29 is 37.1 Å². The van der Waals surface area contributed by atoms with Gasteiger partial charge in [0, 0.05) is 25.2 Å². The average molecular weight is 501 g/mol. The minimum absolute atomic E-state index is 0.00183. The molecule has 0 radical (unpaired) electrons. The molecule has 13 heteroatoms. The molecule has 1 saturated heterocycles. The zero-order valence-corrected chi connectivity index (χ0v) is 18.6. The van der Waals surface area contributed by atoms with Gasteiger partial charge in [-0.05, 0) is 25.3 Å². The van der Waals surface area contributed by atoms with E-state index in [0.29, 0.717) is 12.6 Å². The molecule has 0 unspecified atom stereocenters. The largest absolute Gasteiger partial charge is 0.461 e. The first kappa shape index (κ1) is 22.9. The number of ether oxygens (including phenoxy) is 1. The van der Waals surface area contributed by atoms with E-state index in [4.69, 9.17) is 21.2 Å². The van der Waals surface area contributed by atoms with Gasteiger partial charge in [0.1, 0.15) is 11.9 Å². The van der Waals surface area contributed by atoms with E-state index in [9.17, 15) is 27.6 Å². The van der Waals surface area contributed by atoms with Gasteiger partial charge in [-0.3, -0.25) is 14.5 Å². The van der Waals surface area contributed by atoms with Crippen LogP contribution in [0.5, 0.6) is 0 Å². The maximum atomic E-state index is 13.2. The van der Waals surface area contributed by atoms with Gasteiger partial charge in [-0.2, -0.15) is 13.2 Å². The Labute approximate surface area is 196 Å². The minimum atomic E-state index is -4.57. The maximum Gasteiger partial charge on any atom is 0.417 e. The molecule has 2 saturated carbocycles. The van der Waals surface area contributed by atoms with Crippen LogP contribution in [0.4, 0.5) is 19.0 Å². The van der Waals surface area contributed by atoms with Crippen molar-refractivity contribution in [2.24, 2.45) is 34.7 Å². The van der Waals surface area contributed by atoms with Gasteiger partial charge >= 0.3 is 12.1 Å². The van der Waals surface area contributed by atoms with E-state index in [2.05, 4.69) is 15.5 Å². The number of pyridine rings is 1. The Morgan fingerprint density at radius 2 is 1.97 bits per heavy atom. The first-order valence-corrected chi connectivity index (χ1v) is 11.2. The predicted molar refractivity (Wildman–Crippen MR) is 110 cm³/mol. The second-order valence-electron chi connectivity index (χ2n) is 8.71. The van der Waals surface area contributed by atoms with E-state index in [1.54, 1.807) is 6.92 Å². The first-order chi connectivity index (χ1) is 16.1. The van der Waals surface area contributed by atoms with Crippen molar-refractivity contribution in [3.8, 4) is 0 Å². The van der Waals surface area contributed by atoms with Crippen LogP contribution in [0.2, 0.25) is 5.02 Å². The standard InChI is InChI=1S/C21H20ClF3N4O5/c1-2-33-20(32)15-14-9-6-10(16(14)34-28-15)13-12(9)18(30)29(19(13)31)4-3-26-17-11(22)5-8(7-27-17)21(23,24)25/h5,7,9-10,12-14,16H,2-4,6H2,1H3,(H,26,27)/t9-,10-,12-,13-,14+,16-/m1/s1. The van der Waals surface area contributed by atoms with Crippen LogP contribution in [0.3, 0.4) is 0 Å². The minimum Gasteiger partial charge on any atom is -0.461 e. The summed E-state index contributed by atoms with van der Waals surface area (Å²) in [6, 6.07) is 0.757. The van der Waals surface area contributed by atoms with Crippen LogP contribution < -0.4 is 5.32 Å². The number of hydrogen-bond donors (Lipinski definition) is 1. The summed E-state index contributed by atoms with van der Waals surface area (Å²) >= 11 is 5.89. The monoisotopic (exact) mass is 500 g/mol.